The van der Waals surface area contributed by atoms with Crippen molar-refractivity contribution >= 4 is 11.6 Å². The average molecular weight is 380 g/mol. The van der Waals surface area contributed by atoms with Crippen molar-refractivity contribution in [1.82, 2.24) is 4.90 Å². The number of ether oxygens (including phenoxy) is 2. The first kappa shape index (κ1) is 19.1. The predicted octanol–water partition coefficient (Wildman–Crippen LogP) is 3.20. The summed E-state index contributed by atoms with van der Waals surface area (Å²) in [6, 6.07) is 16.4. The van der Waals surface area contributed by atoms with E-state index in [0.717, 1.165) is 56.9 Å². The SMILES string of the molecule is O=C(CC1OCCc2ccccc21)Nc1ccc(CCN2CCOCC2)cc1. The quantitative estimate of drug-likeness (QED) is 0.836. The van der Waals surface area contributed by atoms with Gasteiger partial charge in [0.05, 0.1) is 32.3 Å². The van der Waals surface area contributed by atoms with Gasteiger partial charge >= 0.3 is 0 Å². The van der Waals surface area contributed by atoms with E-state index in [4.69, 9.17) is 9.47 Å². The van der Waals surface area contributed by atoms with E-state index in [1.54, 1.807) is 0 Å². The topological polar surface area (TPSA) is 50.8 Å². The molecule has 1 unspecified atom stereocenters. The summed E-state index contributed by atoms with van der Waals surface area (Å²) in [4.78, 5) is 14.9. The van der Waals surface area contributed by atoms with Crippen LogP contribution in [0.25, 0.3) is 0 Å². The molecular formula is C23H28N2O3. The number of hydrogen-bond donors (Lipinski definition) is 1. The molecule has 0 bridgehead atoms. The normalized spacial score (nSPS) is 19.8. The maximum atomic E-state index is 12.5. The number of hydrogen-bond acceptors (Lipinski definition) is 4. The van der Waals surface area contributed by atoms with E-state index in [-0.39, 0.29) is 12.0 Å². The Hall–Kier alpha value is -2.21. The van der Waals surface area contributed by atoms with Gasteiger partial charge in [0.1, 0.15) is 0 Å². The number of fused-ring (bicyclic) bond motifs is 1. The van der Waals surface area contributed by atoms with Crippen LogP contribution in [0, 0.1) is 0 Å². The van der Waals surface area contributed by atoms with Crippen molar-refractivity contribution in [3.63, 3.8) is 0 Å². The third-order valence-electron chi connectivity index (χ3n) is 5.52. The highest BCUT2D eigenvalue weighted by molar-refractivity contribution is 5.91. The lowest BCUT2D eigenvalue weighted by Crippen LogP contribution is -2.37. The van der Waals surface area contributed by atoms with Crippen molar-refractivity contribution in [1.29, 1.82) is 0 Å². The summed E-state index contributed by atoms with van der Waals surface area (Å²) in [5.41, 5.74) is 4.55. The minimum Gasteiger partial charge on any atom is -0.379 e. The highest BCUT2D eigenvalue weighted by atomic mass is 16.5. The molecule has 28 heavy (non-hydrogen) atoms. The van der Waals surface area contributed by atoms with E-state index in [0.29, 0.717) is 13.0 Å². The largest absolute Gasteiger partial charge is 0.379 e. The van der Waals surface area contributed by atoms with Gasteiger partial charge in [-0.25, -0.2) is 0 Å². The van der Waals surface area contributed by atoms with Gasteiger partial charge in [-0.2, -0.15) is 0 Å². The number of carbonyl (C=O) groups is 1. The minimum atomic E-state index is -0.155. The van der Waals surface area contributed by atoms with Gasteiger partial charge in [0.25, 0.3) is 0 Å². The van der Waals surface area contributed by atoms with Crippen LogP contribution in [0.3, 0.4) is 0 Å². The van der Waals surface area contributed by atoms with Gasteiger partial charge in [-0.3, -0.25) is 9.69 Å². The molecule has 1 atom stereocenters. The lowest BCUT2D eigenvalue weighted by atomic mass is 9.95. The first-order valence-corrected chi connectivity index (χ1v) is 10.2. The van der Waals surface area contributed by atoms with E-state index in [2.05, 4.69) is 34.5 Å². The van der Waals surface area contributed by atoms with Gasteiger partial charge in [-0.1, -0.05) is 36.4 Å². The van der Waals surface area contributed by atoms with Crippen molar-refractivity contribution in [3.05, 3.63) is 65.2 Å². The highest BCUT2D eigenvalue weighted by Gasteiger charge is 2.23. The van der Waals surface area contributed by atoms with Crippen LogP contribution in [0.15, 0.2) is 48.5 Å². The number of carbonyl (C=O) groups excluding carboxylic acids is 1. The molecule has 1 amide bonds. The summed E-state index contributed by atoms with van der Waals surface area (Å²) in [5.74, 6) is -0.0113. The van der Waals surface area contributed by atoms with Crippen molar-refractivity contribution in [3.8, 4) is 0 Å². The number of benzene rings is 2. The molecule has 0 radical (unpaired) electrons. The van der Waals surface area contributed by atoms with Crippen molar-refractivity contribution < 1.29 is 14.3 Å². The fourth-order valence-electron chi connectivity index (χ4n) is 3.89. The summed E-state index contributed by atoms with van der Waals surface area (Å²) in [5, 5.41) is 3.01. The minimum absolute atomic E-state index is 0.0113. The molecule has 1 saturated heterocycles. The Labute approximate surface area is 166 Å². The van der Waals surface area contributed by atoms with Gasteiger partial charge in [0.2, 0.25) is 5.91 Å². The number of nitrogens with zero attached hydrogens (tertiary/aromatic N) is 1. The Morgan fingerprint density at radius 1 is 1.04 bits per heavy atom. The summed E-state index contributed by atoms with van der Waals surface area (Å²) in [6.45, 7) is 5.42. The molecule has 2 aliphatic heterocycles. The third kappa shape index (κ3) is 4.98. The van der Waals surface area contributed by atoms with Gasteiger partial charge in [0.15, 0.2) is 0 Å². The molecule has 5 nitrogen and oxygen atoms in total. The number of amides is 1. The van der Waals surface area contributed by atoms with Crippen molar-refractivity contribution in [2.24, 2.45) is 0 Å². The molecule has 1 fully saturated rings. The van der Waals surface area contributed by atoms with Crippen LogP contribution < -0.4 is 5.32 Å². The zero-order valence-electron chi connectivity index (χ0n) is 16.2. The molecule has 5 heteroatoms. The second kappa shape index (κ2) is 9.32. The van der Waals surface area contributed by atoms with Crippen LogP contribution in [0.5, 0.6) is 0 Å². The number of rotatable bonds is 6. The van der Waals surface area contributed by atoms with Gasteiger partial charge in [-0.05, 0) is 41.7 Å². The predicted molar refractivity (Wildman–Crippen MR) is 109 cm³/mol. The number of nitrogens with one attached hydrogen (secondary N) is 1. The first-order valence-electron chi connectivity index (χ1n) is 10.2. The van der Waals surface area contributed by atoms with Crippen molar-refractivity contribution in [2.75, 3.05) is 44.8 Å². The van der Waals surface area contributed by atoms with Gasteiger partial charge < -0.3 is 14.8 Å². The Bertz CT molecular complexity index is 785. The molecule has 0 saturated carbocycles. The Morgan fingerprint density at radius 2 is 1.82 bits per heavy atom. The molecular weight excluding hydrogens is 352 g/mol. The van der Waals surface area contributed by atoms with Crippen molar-refractivity contribution in [2.45, 2.75) is 25.4 Å². The molecule has 0 spiro atoms. The van der Waals surface area contributed by atoms with Crippen LogP contribution in [0.4, 0.5) is 5.69 Å². The van der Waals surface area contributed by atoms with E-state index in [1.165, 1.54) is 11.1 Å². The summed E-state index contributed by atoms with van der Waals surface area (Å²) in [6.07, 6.45) is 2.12. The van der Waals surface area contributed by atoms with Gasteiger partial charge in [0, 0.05) is 25.3 Å². The molecule has 2 heterocycles. The zero-order chi connectivity index (χ0) is 19.2. The average Bonchev–Trinajstić information content (AvgIpc) is 2.74. The van der Waals surface area contributed by atoms with E-state index < -0.39 is 0 Å². The van der Waals surface area contributed by atoms with Crippen LogP contribution in [-0.2, 0) is 27.1 Å². The fourth-order valence-corrected chi connectivity index (χ4v) is 3.89. The zero-order valence-corrected chi connectivity index (χ0v) is 16.2. The first-order chi connectivity index (χ1) is 13.8. The molecule has 1 N–H and O–H groups in total. The maximum Gasteiger partial charge on any atom is 0.227 e. The molecule has 2 aromatic carbocycles. The second-order valence-electron chi connectivity index (χ2n) is 7.46. The smallest absolute Gasteiger partial charge is 0.227 e. The molecule has 148 valence electrons. The maximum absolute atomic E-state index is 12.5. The number of morpholine rings is 1. The molecule has 0 aliphatic carbocycles. The summed E-state index contributed by atoms with van der Waals surface area (Å²) in [7, 11) is 0. The van der Waals surface area contributed by atoms with Crippen LogP contribution in [-0.4, -0.2) is 50.3 Å². The molecule has 2 aromatic rings. The summed E-state index contributed by atoms with van der Waals surface area (Å²) >= 11 is 0. The Morgan fingerprint density at radius 3 is 2.64 bits per heavy atom. The highest BCUT2D eigenvalue weighted by Crippen LogP contribution is 2.29. The fraction of sp³-hybridized carbons (Fsp3) is 0.435. The molecule has 0 aromatic heterocycles. The second-order valence-corrected chi connectivity index (χ2v) is 7.46. The number of anilines is 1. The monoisotopic (exact) mass is 380 g/mol. The van der Waals surface area contributed by atoms with Gasteiger partial charge in [-0.15, -0.1) is 0 Å². The Kier molecular flexibility index (Phi) is 6.37. The lowest BCUT2D eigenvalue weighted by Gasteiger charge is -2.26. The van der Waals surface area contributed by atoms with E-state index in [1.807, 2.05) is 24.3 Å². The summed E-state index contributed by atoms with van der Waals surface area (Å²) < 4.78 is 11.2. The van der Waals surface area contributed by atoms with Crippen LogP contribution >= 0.6 is 0 Å². The van der Waals surface area contributed by atoms with E-state index in [9.17, 15) is 4.79 Å². The third-order valence-corrected chi connectivity index (χ3v) is 5.52. The van der Waals surface area contributed by atoms with E-state index >= 15 is 0 Å². The Balaban J connectivity index is 1.28. The van der Waals surface area contributed by atoms with Crippen LogP contribution in [0.2, 0.25) is 0 Å². The standard InChI is InChI=1S/C23H28N2O3/c26-23(17-22-21-4-2-1-3-19(21)10-14-28-22)24-20-7-5-18(6-8-20)9-11-25-12-15-27-16-13-25/h1-8,22H,9-17H2,(H,24,26). The van der Waals surface area contributed by atoms with Crippen LogP contribution in [0.1, 0.15) is 29.2 Å². The molecule has 2 aliphatic rings. The molecule has 4 rings (SSSR count). The lowest BCUT2D eigenvalue weighted by molar-refractivity contribution is -0.119.